The van der Waals surface area contributed by atoms with Gasteiger partial charge in [0.05, 0.1) is 16.2 Å². The van der Waals surface area contributed by atoms with Crippen LogP contribution in [0.15, 0.2) is 41.4 Å². The summed E-state index contributed by atoms with van der Waals surface area (Å²) in [4.78, 5) is 27.2. The minimum Gasteiger partial charge on any atom is -0.454 e. The quantitative estimate of drug-likeness (QED) is 0.604. The van der Waals surface area contributed by atoms with Gasteiger partial charge in [-0.05, 0) is 49.6 Å². The van der Waals surface area contributed by atoms with Crippen molar-refractivity contribution in [2.24, 2.45) is 0 Å². The summed E-state index contributed by atoms with van der Waals surface area (Å²) in [6.45, 7) is 2.25. The summed E-state index contributed by atoms with van der Waals surface area (Å²) >= 11 is 0. The van der Waals surface area contributed by atoms with Crippen LogP contribution in [-0.2, 0) is 14.8 Å². The molecule has 0 amide bonds. The number of rotatable bonds is 6. The maximum absolute atomic E-state index is 12.8. The fraction of sp³-hybridized carbons (Fsp3) is 0.368. The maximum atomic E-state index is 12.8. The van der Waals surface area contributed by atoms with E-state index in [0.717, 1.165) is 19.3 Å². The summed E-state index contributed by atoms with van der Waals surface area (Å²) in [5, 5.41) is 0. The Hall–Kier alpha value is -2.45. The maximum Gasteiger partial charge on any atom is 0.338 e. The number of ether oxygens (including phenoxy) is 1. The average molecular weight is 390 g/mol. The molecule has 1 aliphatic heterocycles. The van der Waals surface area contributed by atoms with Gasteiger partial charge in [0.2, 0.25) is 15.8 Å². The number of Topliss-reactive ketones (excluding diaryl/α,β-unsaturated/α-hetero) is 1. The van der Waals surface area contributed by atoms with Gasteiger partial charge < -0.3 is 9.72 Å². The molecule has 1 saturated heterocycles. The van der Waals surface area contributed by atoms with E-state index in [1.54, 1.807) is 31.3 Å². The lowest BCUT2D eigenvalue weighted by atomic mass is 10.1. The third-order valence-corrected chi connectivity index (χ3v) is 6.51. The summed E-state index contributed by atoms with van der Waals surface area (Å²) < 4.78 is 32.2. The molecule has 0 unspecified atom stereocenters. The smallest absolute Gasteiger partial charge is 0.338 e. The number of carbonyl (C=O) groups is 2. The molecule has 0 radical (unpaired) electrons. The first-order valence-electron chi connectivity index (χ1n) is 8.84. The second-order valence-electron chi connectivity index (χ2n) is 6.52. The Morgan fingerprint density at radius 1 is 1.15 bits per heavy atom. The minimum absolute atomic E-state index is 0.0673. The lowest BCUT2D eigenvalue weighted by Crippen LogP contribution is -2.35. The van der Waals surface area contributed by atoms with E-state index in [2.05, 4.69) is 4.98 Å². The van der Waals surface area contributed by atoms with Crippen LogP contribution < -0.4 is 0 Å². The number of hydrogen-bond donors (Lipinski definition) is 1. The highest BCUT2D eigenvalue weighted by atomic mass is 32.2. The zero-order valence-corrected chi connectivity index (χ0v) is 15.9. The SMILES string of the molecule is Cc1ccc(S(=O)(=O)N2CCCCC2)cc1C(=O)OCC(=O)c1ccc[nH]1. The lowest BCUT2D eigenvalue weighted by Gasteiger charge is -2.26. The molecule has 1 aliphatic rings. The van der Waals surface area contributed by atoms with Crippen LogP contribution in [0.4, 0.5) is 0 Å². The van der Waals surface area contributed by atoms with Crippen LogP contribution >= 0.6 is 0 Å². The van der Waals surface area contributed by atoms with Crippen LogP contribution in [0.3, 0.4) is 0 Å². The highest BCUT2D eigenvalue weighted by molar-refractivity contribution is 7.89. The molecule has 27 heavy (non-hydrogen) atoms. The van der Waals surface area contributed by atoms with E-state index in [0.29, 0.717) is 24.3 Å². The fourth-order valence-corrected chi connectivity index (χ4v) is 4.57. The van der Waals surface area contributed by atoms with Crippen molar-refractivity contribution >= 4 is 21.8 Å². The summed E-state index contributed by atoms with van der Waals surface area (Å²) in [6.07, 6.45) is 4.29. The zero-order chi connectivity index (χ0) is 19.4. The number of hydrogen-bond acceptors (Lipinski definition) is 5. The van der Waals surface area contributed by atoms with E-state index >= 15 is 0 Å². The predicted octanol–water partition coefficient (Wildman–Crippen LogP) is 2.54. The Labute approximate surface area is 158 Å². The zero-order valence-electron chi connectivity index (χ0n) is 15.1. The number of nitrogens with zero attached hydrogens (tertiary/aromatic N) is 1. The van der Waals surface area contributed by atoms with Crippen molar-refractivity contribution in [1.29, 1.82) is 0 Å². The van der Waals surface area contributed by atoms with Crippen molar-refractivity contribution in [3.63, 3.8) is 0 Å². The van der Waals surface area contributed by atoms with Crippen molar-refractivity contribution in [2.75, 3.05) is 19.7 Å². The number of aryl methyl sites for hydroxylation is 1. The van der Waals surface area contributed by atoms with Crippen molar-refractivity contribution < 1.29 is 22.7 Å². The number of aromatic amines is 1. The molecule has 0 spiro atoms. The number of ketones is 1. The molecule has 0 aliphatic carbocycles. The summed E-state index contributed by atoms with van der Waals surface area (Å²) in [6, 6.07) is 7.68. The number of piperidine rings is 1. The summed E-state index contributed by atoms with van der Waals surface area (Å²) in [5.41, 5.74) is 1.08. The molecule has 2 aromatic rings. The predicted molar refractivity (Wildman–Crippen MR) is 99.2 cm³/mol. The highest BCUT2D eigenvalue weighted by Crippen LogP contribution is 2.23. The molecule has 144 valence electrons. The lowest BCUT2D eigenvalue weighted by molar-refractivity contribution is 0.0472. The summed E-state index contributed by atoms with van der Waals surface area (Å²) in [7, 11) is -3.65. The number of esters is 1. The molecule has 1 N–H and O–H groups in total. The second-order valence-corrected chi connectivity index (χ2v) is 8.46. The number of sulfonamides is 1. The molecule has 1 aromatic carbocycles. The van der Waals surface area contributed by atoms with E-state index in [9.17, 15) is 18.0 Å². The van der Waals surface area contributed by atoms with Gasteiger partial charge in [0, 0.05) is 19.3 Å². The topological polar surface area (TPSA) is 96.5 Å². The molecular weight excluding hydrogens is 368 g/mol. The van der Waals surface area contributed by atoms with Gasteiger partial charge in [0.1, 0.15) is 0 Å². The normalized spacial score (nSPS) is 15.4. The first kappa shape index (κ1) is 19.3. The van der Waals surface area contributed by atoms with E-state index < -0.39 is 22.6 Å². The molecule has 1 aromatic heterocycles. The van der Waals surface area contributed by atoms with Crippen molar-refractivity contribution in [3.05, 3.63) is 53.3 Å². The first-order chi connectivity index (χ1) is 12.9. The molecule has 3 rings (SSSR count). The molecule has 0 saturated carbocycles. The largest absolute Gasteiger partial charge is 0.454 e. The van der Waals surface area contributed by atoms with Gasteiger partial charge in [-0.15, -0.1) is 0 Å². The van der Waals surface area contributed by atoms with Gasteiger partial charge in [-0.25, -0.2) is 13.2 Å². The Morgan fingerprint density at radius 3 is 2.56 bits per heavy atom. The van der Waals surface area contributed by atoms with Gasteiger partial charge in [-0.2, -0.15) is 4.31 Å². The van der Waals surface area contributed by atoms with Gasteiger partial charge in [0.15, 0.2) is 6.61 Å². The van der Waals surface area contributed by atoms with Crippen LogP contribution in [-0.4, -0.2) is 49.2 Å². The van der Waals surface area contributed by atoms with Gasteiger partial charge >= 0.3 is 5.97 Å². The molecule has 8 heteroatoms. The molecular formula is C19H22N2O5S. The Bertz CT molecular complexity index is 929. The van der Waals surface area contributed by atoms with Gasteiger partial charge in [-0.3, -0.25) is 4.79 Å². The van der Waals surface area contributed by atoms with Crippen LogP contribution in [0.5, 0.6) is 0 Å². The number of carbonyl (C=O) groups excluding carboxylic acids is 2. The number of H-pyrrole nitrogens is 1. The number of nitrogens with one attached hydrogen (secondary N) is 1. The Balaban J connectivity index is 1.76. The first-order valence-corrected chi connectivity index (χ1v) is 10.3. The van der Waals surface area contributed by atoms with Crippen LogP contribution in [0.25, 0.3) is 0 Å². The van der Waals surface area contributed by atoms with Crippen molar-refractivity contribution in [1.82, 2.24) is 9.29 Å². The Morgan fingerprint density at radius 2 is 1.89 bits per heavy atom. The van der Waals surface area contributed by atoms with E-state index in [1.165, 1.54) is 16.4 Å². The molecule has 7 nitrogen and oxygen atoms in total. The van der Waals surface area contributed by atoms with Gasteiger partial charge in [0.25, 0.3) is 0 Å². The highest BCUT2D eigenvalue weighted by Gasteiger charge is 2.27. The second kappa shape index (κ2) is 8.06. The molecule has 1 fully saturated rings. The van der Waals surface area contributed by atoms with E-state index in [4.69, 9.17) is 4.74 Å². The third kappa shape index (κ3) is 4.28. The Kier molecular flexibility index (Phi) is 5.76. The summed E-state index contributed by atoms with van der Waals surface area (Å²) in [5.74, 6) is -1.08. The van der Waals surface area contributed by atoms with E-state index in [1.807, 2.05) is 0 Å². The van der Waals surface area contributed by atoms with Crippen LogP contribution in [0, 0.1) is 6.92 Å². The standard InChI is InChI=1S/C19H22N2O5S/c1-14-7-8-15(27(24,25)21-10-3-2-4-11-21)12-16(14)19(23)26-13-18(22)17-6-5-9-20-17/h5-9,12,20H,2-4,10-11,13H2,1H3. The number of benzene rings is 1. The van der Waals surface area contributed by atoms with E-state index in [-0.39, 0.29) is 16.2 Å². The van der Waals surface area contributed by atoms with Gasteiger partial charge in [-0.1, -0.05) is 12.5 Å². The average Bonchev–Trinajstić information content (AvgIpc) is 3.21. The van der Waals surface area contributed by atoms with Crippen molar-refractivity contribution in [2.45, 2.75) is 31.1 Å². The third-order valence-electron chi connectivity index (χ3n) is 4.61. The number of aromatic nitrogens is 1. The molecule has 2 heterocycles. The minimum atomic E-state index is -3.65. The van der Waals surface area contributed by atoms with Crippen LogP contribution in [0.2, 0.25) is 0 Å². The van der Waals surface area contributed by atoms with Crippen molar-refractivity contribution in [3.8, 4) is 0 Å². The fourth-order valence-electron chi connectivity index (χ4n) is 3.03. The monoisotopic (exact) mass is 390 g/mol. The molecule has 0 bridgehead atoms. The van der Waals surface area contributed by atoms with Crippen LogP contribution in [0.1, 0.15) is 45.7 Å². The molecule has 0 atom stereocenters.